The summed E-state index contributed by atoms with van der Waals surface area (Å²) in [6, 6.07) is 6.74. The number of nitrogens with zero attached hydrogens (tertiary/aromatic N) is 2. The van der Waals surface area contributed by atoms with Crippen LogP contribution >= 0.6 is 23.2 Å². The van der Waals surface area contributed by atoms with Gasteiger partial charge in [0.25, 0.3) is 0 Å². The van der Waals surface area contributed by atoms with E-state index in [9.17, 15) is 18.0 Å². The van der Waals surface area contributed by atoms with Gasteiger partial charge in [-0.15, -0.1) is 0 Å². The van der Waals surface area contributed by atoms with E-state index in [1.165, 1.54) is 24.3 Å². The summed E-state index contributed by atoms with van der Waals surface area (Å²) in [5.74, 6) is -1.83. The Balaban J connectivity index is 2.52. The molecular formula is C15H10Cl2F3N3O2. The molecule has 1 aromatic carbocycles. The van der Waals surface area contributed by atoms with Gasteiger partial charge in [0.2, 0.25) is 5.91 Å². The maximum atomic E-state index is 12.8. The third kappa shape index (κ3) is 4.61. The van der Waals surface area contributed by atoms with Gasteiger partial charge >= 0.3 is 6.18 Å². The quantitative estimate of drug-likeness (QED) is 0.357. The maximum absolute atomic E-state index is 12.8. The van der Waals surface area contributed by atoms with Gasteiger partial charge in [0, 0.05) is 11.2 Å². The van der Waals surface area contributed by atoms with Crippen LogP contribution in [0, 0.1) is 0 Å². The van der Waals surface area contributed by atoms with Crippen molar-refractivity contribution in [3.63, 3.8) is 0 Å². The van der Waals surface area contributed by atoms with Gasteiger partial charge in [0.05, 0.1) is 16.3 Å². The lowest BCUT2D eigenvalue weighted by atomic mass is 9.94. The van der Waals surface area contributed by atoms with Gasteiger partial charge in [-0.3, -0.25) is 9.78 Å². The normalized spacial score (nSPS) is 13.0. The average molecular weight is 392 g/mol. The summed E-state index contributed by atoms with van der Waals surface area (Å²) in [4.78, 5) is 16.1. The van der Waals surface area contributed by atoms with E-state index in [2.05, 4.69) is 15.5 Å². The van der Waals surface area contributed by atoms with Crippen molar-refractivity contribution in [1.82, 2.24) is 10.3 Å². The van der Waals surface area contributed by atoms with Crippen molar-refractivity contribution in [2.45, 2.75) is 12.1 Å². The molecule has 0 spiro atoms. The topological polar surface area (TPSA) is 74.6 Å². The molecule has 2 rings (SSSR count). The molecule has 0 fully saturated rings. The third-order valence-corrected chi connectivity index (χ3v) is 3.76. The number of halogens is 5. The number of alkyl halides is 3. The summed E-state index contributed by atoms with van der Waals surface area (Å²) in [5.41, 5.74) is -0.725. The summed E-state index contributed by atoms with van der Waals surface area (Å²) >= 11 is 11.7. The van der Waals surface area contributed by atoms with E-state index in [-0.39, 0.29) is 10.7 Å². The third-order valence-electron chi connectivity index (χ3n) is 3.20. The van der Waals surface area contributed by atoms with Crippen LogP contribution in [0.15, 0.2) is 41.7 Å². The van der Waals surface area contributed by atoms with Crippen LogP contribution in [0.25, 0.3) is 0 Å². The van der Waals surface area contributed by atoms with Crippen LogP contribution in [0.4, 0.5) is 13.2 Å². The first-order chi connectivity index (χ1) is 11.7. The number of nitrogens with one attached hydrogen (secondary N) is 1. The van der Waals surface area contributed by atoms with Gasteiger partial charge in [0.15, 0.2) is 0 Å². The Morgan fingerprint density at radius 1 is 1.28 bits per heavy atom. The second-order valence-corrected chi connectivity index (χ2v) is 5.67. The highest BCUT2D eigenvalue weighted by Gasteiger charge is 2.33. The highest BCUT2D eigenvalue weighted by Crippen LogP contribution is 2.35. The molecule has 1 atom stereocenters. The van der Waals surface area contributed by atoms with Gasteiger partial charge in [0.1, 0.15) is 12.3 Å². The summed E-state index contributed by atoms with van der Waals surface area (Å²) in [6.07, 6.45) is -3.29. The number of benzene rings is 1. The van der Waals surface area contributed by atoms with E-state index in [0.29, 0.717) is 22.8 Å². The molecule has 25 heavy (non-hydrogen) atoms. The summed E-state index contributed by atoms with van der Waals surface area (Å²) < 4.78 is 38.3. The van der Waals surface area contributed by atoms with Gasteiger partial charge in [-0.1, -0.05) is 40.5 Å². The monoisotopic (exact) mass is 391 g/mol. The fourth-order valence-corrected chi connectivity index (χ4v) is 2.48. The van der Waals surface area contributed by atoms with Crippen molar-refractivity contribution in [1.29, 1.82) is 0 Å². The largest absolute Gasteiger partial charge is 0.417 e. The second kappa shape index (κ2) is 7.71. The van der Waals surface area contributed by atoms with Gasteiger partial charge < -0.3 is 10.5 Å². The second-order valence-electron chi connectivity index (χ2n) is 4.83. The molecular weight excluding hydrogens is 382 g/mol. The summed E-state index contributed by atoms with van der Waals surface area (Å²) in [6.45, 7) is 0. The van der Waals surface area contributed by atoms with Crippen molar-refractivity contribution in [2.24, 2.45) is 5.16 Å². The highest BCUT2D eigenvalue weighted by molar-refractivity contribution is 6.31. The predicted molar refractivity (Wildman–Crippen MR) is 86.0 cm³/mol. The number of rotatable bonds is 4. The number of carbonyl (C=O) groups excluding carboxylic acids is 1. The predicted octanol–water partition coefficient (Wildman–Crippen LogP) is 4.07. The molecule has 2 N–H and O–H groups in total. The van der Waals surface area contributed by atoms with E-state index >= 15 is 0 Å². The number of oxime groups is 1. The summed E-state index contributed by atoms with van der Waals surface area (Å²) in [5, 5.41) is 13.3. The smallest absolute Gasteiger partial charge is 0.410 e. The molecule has 10 heteroatoms. The molecule has 1 aromatic heterocycles. The zero-order valence-electron chi connectivity index (χ0n) is 12.3. The number of aromatic nitrogens is 1. The molecule has 0 saturated heterocycles. The number of hydrogen-bond acceptors (Lipinski definition) is 4. The zero-order chi connectivity index (χ0) is 18.6. The van der Waals surface area contributed by atoms with Crippen LogP contribution in [-0.2, 0) is 11.0 Å². The minimum absolute atomic E-state index is 0.0826. The van der Waals surface area contributed by atoms with Crippen molar-refractivity contribution in [2.75, 3.05) is 0 Å². The lowest BCUT2D eigenvalue weighted by Crippen LogP contribution is -2.29. The molecule has 5 nitrogen and oxygen atoms in total. The van der Waals surface area contributed by atoms with Crippen LogP contribution in [0.3, 0.4) is 0 Å². The minimum Gasteiger partial charge on any atom is -0.410 e. The Labute approximate surface area is 150 Å². The minimum atomic E-state index is -4.61. The van der Waals surface area contributed by atoms with Crippen LogP contribution < -0.4 is 5.32 Å². The lowest BCUT2D eigenvalue weighted by Gasteiger charge is -2.18. The van der Waals surface area contributed by atoms with Crippen molar-refractivity contribution >= 4 is 35.4 Å². The fourth-order valence-electron chi connectivity index (χ4n) is 2.08. The first-order valence-electron chi connectivity index (χ1n) is 6.68. The van der Waals surface area contributed by atoms with Crippen LogP contribution in [0.2, 0.25) is 10.0 Å². The Hall–Kier alpha value is -2.32. The Morgan fingerprint density at radius 2 is 1.92 bits per heavy atom. The molecule has 132 valence electrons. The molecule has 0 bridgehead atoms. The first-order valence-corrected chi connectivity index (χ1v) is 7.44. The van der Waals surface area contributed by atoms with E-state index in [1.807, 2.05) is 0 Å². The molecule has 0 aliphatic carbocycles. The molecule has 0 aliphatic heterocycles. The van der Waals surface area contributed by atoms with Gasteiger partial charge in [-0.25, -0.2) is 0 Å². The molecule has 0 saturated carbocycles. The standard InChI is InChI=1S/C15H10Cl2F3N3O2/c16-10-3-1-8(2-4-10)12(14(24)22-7-23-25)13-11(17)5-9(6-21-13)15(18,19)20/h1-7,12,25H,(H,22,23,24)/t12-/m1/s1. The average Bonchev–Trinajstić information content (AvgIpc) is 2.55. The maximum Gasteiger partial charge on any atom is 0.417 e. The van der Waals surface area contributed by atoms with E-state index in [0.717, 1.165) is 6.34 Å². The van der Waals surface area contributed by atoms with Crippen LogP contribution in [0.1, 0.15) is 22.7 Å². The van der Waals surface area contributed by atoms with E-state index in [1.54, 1.807) is 0 Å². The number of pyridine rings is 1. The molecule has 1 heterocycles. The first kappa shape index (κ1) is 19.0. The van der Waals surface area contributed by atoms with Crippen LogP contribution in [0.5, 0.6) is 0 Å². The van der Waals surface area contributed by atoms with Crippen LogP contribution in [-0.4, -0.2) is 22.4 Å². The zero-order valence-corrected chi connectivity index (χ0v) is 13.8. The fraction of sp³-hybridized carbons (Fsp3) is 0.133. The van der Waals surface area contributed by atoms with E-state index in [4.69, 9.17) is 28.4 Å². The number of carbonyl (C=O) groups is 1. The van der Waals surface area contributed by atoms with E-state index < -0.39 is 23.6 Å². The Morgan fingerprint density at radius 3 is 2.44 bits per heavy atom. The molecule has 0 aliphatic rings. The Kier molecular flexibility index (Phi) is 5.86. The van der Waals surface area contributed by atoms with Gasteiger partial charge in [-0.2, -0.15) is 13.2 Å². The summed E-state index contributed by atoms with van der Waals surface area (Å²) in [7, 11) is 0. The number of amides is 1. The molecule has 0 unspecified atom stereocenters. The molecule has 2 aromatic rings. The van der Waals surface area contributed by atoms with Crippen molar-refractivity contribution in [3.8, 4) is 0 Å². The Bertz CT molecular complexity index is 796. The highest BCUT2D eigenvalue weighted by atomic mass is 35.5. The van der Waals surface area contributed by atoms with Crippen molar-refractivity contribution < 1.29 is 23.2 Å². The lowest BCUT2D eigenvalue weighted by molar-refractivity contribution is -0.137. The molecule has 0 radical (unpaired) electrons. The number of hydrogen-bond donors (Lipinski definition) is 2. The van der Waals surface area contributed by atoms with Crippen molar-refractivity contribution in [3.05, 3.63) is 63.4 Å². The van der Waals surface area contributed by atoms with Gasteiger partial charge in [-0.05, 0) is 23.8 Å². The molecule has 1 amide bonds. The SMILES string of the molecule is O=C(N/C=N\O)[C@H](c1ccc(Cl)cc1)c1ncc(C(F)(F)F)cc1Cl.